The van der Waals surface area contributed by atoms with Gasteiger partial charge in [0.25, 0.3) is 0 Å². The minimum absolute atomic E-state index is 0.199. The van der Waals surface area contributed by atoms with Crippen molar-refractivity contribution >= 4 is 16.0 Å². The first kappa shape index (κ1) is 15.6. The predicted molar refractivity (Wildman–Crippen MR) is 70.5 cm³/mol. The summed E-state index contributed by atoms with van der Waals surface area (Å²) in [6.45, 7) is 4.25. The molecule has 0 saturated carbocycles. The van der Waals surface area contributed by atoms with Crippen LogP contribution in [0.1, 0.15) is 30.6 Å². The van der Waals surface area contributed by atoms with E-state index in [1.807, 2.05) is 13.8 Å². The van der Waals surface area contributed by atoms with Gasteiger partial charge >= 0.3 is 5.97 Å². The molecule has 0 aliphatic rings. The molecule has 0 bridgehead atoms. The van der Waals surface area contributed by atoms with Gasteiger partial charge in [-0.1, -0.05) is 20.3 Å². The van der Waals surface area contributed by atoms with E-state index in [0.717, 1.165) is 12.6 Å². The van der Waals surface area contributed by atoms with Gasteiger partial charge in [-0.05, 0) is 12.0 Å². The number of carboxylic acids is 1. The van der Waals surface area contributed by atoms with Gasteiger partial charge in [0.1, 0.15) is 4.90 Å². The average Bonchev–Trinajstić information content (AvgIpc) is 2.38. The van der Waals surface area contributed by atoms with Crippen molar-refractivity contribution < 1.29 is 18.3 Å². The third kappa shape index (κ3) is 3.51. The highest BCUT2D eigenvalue weighted by Gasteiger charge is 2.27. The summed E-state index contributed by atoms with van der Waals surface area (Å²) in [5, 5.41) is 9.03. The highest BCUT2D eigenvalue weighted by Crippen LogP contribution is 2.19. The van der Waals surface area contributed by atoms with Crippen LogP contribution in [0.4, 0.5) is 0 Å². The van der Waals surface area contributed by atoms with Gasteiger partial charge < -0.3 is 5.11 Å². The molecule has 0 spiro atoms. The molecular weight excluding hydrogens is 268 g/mol. The fourth-order valence-corrected chi connectivity index (χ4v) is 3.01. The number of aromatic carboxylic acids is 1. The molecule has 6 nitrogen and oxygen atoms in total. The molecule has 0 amide bonds. The molecule has 7 heteroatoms. The van der Waals surface area contributed by atoms with Crippen molar-refractivity contribution in [2.24, 2.45) is 5.92 Å². The van der Waals surface area contributed by atoms with E-state index in [4.69, 9.17) is 5.11 Å². The fourth-order valence-electron chi connectivity index (χ4n) is 1.60. The van der Waals surface area contributed by atoms with E-state index in [1.54, 1.807) is 0 Å². The third-order valence-corrected chi connectivity index (χ3v) is 4.82. The number of carbonyl (C=O) groups is 1. The van der Waals surface area contributed by atoms with Crippen LogP contribution < -0.4 is 0 Å². The fraction of sp³-hybridized carbons (Fsp3) is 0.500. The molecule has 1 N–H and O–H groups in total. The quantitative estimate of drug-likeness (QED) is 0.855. The standard InChI is InChI=1S/C12H18N2O4S/c1-4-9(2)8-14(3)19(17,18)11-7-13-6-5-10(11)12(15)16/h5-7,9H,4,8H2,1-3H3,(H,15,16). The largest absolute Gasteiger partial charge is 0.478 e. The number of rotatable bonds is 6. The summed E-state index contributed by atoms with van der Waals surface area (Å²) in [7, 11) is -2.39. The zero-order valence-corrected chi connectivity index (χ0v) is 12.0. The van der Waals surface area contributed by atoms with Gasteiger partial charge in [0, 0.05) is 26.0 Å². The molecule has 1 atom stereocenters. The summed E-state index contributed by atoms with van der Waals surface area (Å²) >= 11 is 0. The maximum atomic E-state index is 12.3. The Morgan fingerprint density at radius 3 is 2.68 bits per heavy atom. The number of hydrogen-bond acceptors (Lipinski definition) is 4. The number of carboxylic acid groups (broad SMARTS) is 1. The number of hydrogen-bond donors (Lipinski definition) is 1. The van der Waals surface area contributed by atoms with Gasteiger partial charge in [0.15, 0.2) is 0 Å². The molecule has 1 aromatic heterocycles. The van der Waals surface area contributed by atoms with E-state index in [1.165, 1.54) is 23.6 Å². The minimum atomic E-state index is -3.83. The van der Waals surface area contributed by atoms with Crippen LogP contribution in [0.25, 0.3) is 0 Å². The smallest absolute Gasteiger partial charge is 0.337 e. The van der Waals surface area contributed by atoms with Crippen LogP contribution in [0.15, 0.2) is 23.4 Å². The topological polar surface area (TPSA) is 87.6 Å². The van der Waals surface area contributed by atoms with Crippen LogP contribution in [0.3, 0.4) is 0 Å². The molecule has 0 aliphatic heterocycles. The lowest BCUT2D eigenvalue weighted by Gasteiger charge is -2.21. The summed E-state index contributed by atoms with van der Waals surface area (Å²) in [5.41, 5.74) is -0.258. The Labute approximate surface area is 113 Å². The van der Waals surface area contributed by atoms with Crippen molar-refractivity contribution in [1.82, 2.24) is 9.29 Å². The molecule has 106 valence electrons. The average molecular weight is 286 g/mol. The molecule has 0 radical (unpaired) electrons. The zero-order valence-electron chi connectivity index (χ0n) is 11.2. The van der Waals surface area contributed by atoms with Gasteiger partial charge in [0.05, 0.1) is 5.56 Å². The molecule has 19 heavy (non-hydrogen) atoms. The number of pyridine rings is 1. The first-order valence-electron chi connectivity index (χ1n) is 5.94. The van der Waals surface area contributed by atoms with Gasteiger partial charge in [-0.25, -0.2) is 17.5 Å². The van der Waals surface area contributed by atoms with Crippen molar-refractivity contribution in [2.45, 2.75) is 25.2 Å². The Bertz CT molecular complexity index is 557. The molecular formula is C12H18N2O4S. The number of sulfonamides is 1. The molecule has 1 unspecified atom stereocenters. The Morgan fingerprint density at radius 2 is 2.16 bits per heavy atom. The normalized spacial score (nSPS) is 13.5. The van der Waals surface area contributed by atoms with E-state index in [9.17, 15) is 13.2 Å². The van der Waals surface area contributed by atoms with Gasteiger partial charge in [0.2, 0.25) is 10.0 Å². The summed E-state index contributed by atoms with van der Waals surface area (Å²) in [5.74, 6) is -1.08. The van der Waals surface area contributed by atoms with Crippen molar-refractivity contribution in [1.29, 1.82) is 0 Å². The summed E-state index contributed by atoms with van der Waals surface area (Å²) in [4.78, 5) is 14.5. The Kier molecular flexibility index (Phi) is 5.02. The van der Waals surface area contributed by atoms with Gasteiger partial charge in [-0.15, -0.1) is 0 Å². The van der Waals surface area contributed by atoms with Crippen LogP contribution in [0.2, 0.25) is 0 Å². The Morgan fingerprint density at radius 1 is 1.53 bits per heavy atom. The Balaban J connectivity index is 3.17. The van der Waals surface area contributed by atoms with E-state index in [2.05, 4.69) is 4.98 Å². The van der Waals surface area contributed by atoms with E-state index in [0.29, 0.717) is 6.54 Å². The molecule has 0 fully saturated rings. The molecule has 0 aliphatic carbocycles. The maximum Gasteiger partial charge on any atom is 0.337 e. The van der Waals surface area contributed by atoms with Gasteiger partial charge in [-0.3, -0.25) is 4.98 Å². The first-order valence-corrected chi connectivity index (χ1v) is 7.38. The van der Waals surface area contributed by atoms with Crippen molar-refractivity contribution in [2.75, 3.05) is 13.6 Å². The molecule has 1 heterocycles. The van der Waals surface area contributed by atoms with Crippen LogP contribution in [0, 0.1) is 5.92 Å². The first-order chi connectivity index (χ1) is 8.80. The summed E-state index contributed by atoms with van der Waals surface area (Å²) in [6.07, 6.45) is 3.18. The lowest BCUT2D eigenvalue weighted by molar-refractivity contribution is 0.0692. The number of aromatic nitrogens is 1. The predicted octanol–water partition coefficient (Wildman–Crippen LogP) is 1.45. The number of nitrogens with zero attached hydrogens (tertiary/aromatic N) is 2. The highest BCUT2D eigenvalue weighted by molar-refractivity contribution is 7.89. The van der Waals surface area contributed by atoms with E-state index < -0.39 is 16.0 Å². The monoisotopic (exact) mass is 286 g/mol. The van der Waals surface area contributed by atoms with Crippen LogP contribution in [-0.4, -0.2) is 42.4 Å². The zero-order chi connectivity index (χ0) is 14.6. The third-order valence-electron chi connectivity index (χ3n) is 2.97. The van der Waals surface area contributed by atoms with Crippen LogP contribution in [0.5, 0.6) is 0 Å². The molecule has 1 rings (SSSR count). The SMILES string of the molecule is CCC(C)CN(C)S(=O)(=O)c1cnccc1C(=O)O. The second-order valence-electron chi connectivity index (χ2n) is 4.48. The maximum absolute atomic E-state index is 12.3. The van der Waals surface area contributed by atoms with E-state index in [-0.39, 0.29) is 16.4 Å². The van der Waals surface area contributed by atoms with Crippen LogP contribution in [-0.2, 0) is 10.0 Å². The second-order valence-corrected chi connectivity index (χ2v) is 6.49. The minimum Gasteiger partial charge on any atom is -0.478 e. The van der Waals surface area contributed by atoms with Crippen molar-refractivity contribution in [3.05, 3.63) is 24.0 Å². The van der Waals surface area contributed by atoms with Crippen LogP contribution >= 0.6 is 0 Å². The lowest BCUT2D eigenvalue weighted by atomic mass is 10.1. The summed E-state index contributed by atoms with van der Waals surface area (Å²) in [6, 6.07) is 1.19. The molecule has 0 saturated heterocycles. The second kappa shape index (κ2) is 6.12. The Hall–Kier alpha value is -1.47. The lowest BCUT2D eigenvalue weighted by Crippen LogP contribution is -2.32. The van der Waals surface area contributed by atoms with E-state index >= 15 is 0 Å². The van der Waals surface area contributed by atoms with Gasteiger partial charge in [-0.2, -0.15) is 0 Å². The summed E-state index contributed by atoms with van der Waals surface area (Å²) < 4.78 is 25.8. The molecule has 0 aromatic carbocycles. The van der Waals surface area contributed by atoms with Crippen molar-refractivity contribution in [3.8, 4) is 0 Å². The van der Waals surface area contributed by atoms with Crippen molar-refractivity contribution in [3.63, 3.8) is 0 Å². The highest BCUT2D eigenvalue weighted by atomic mass is 32.2. The molecule has 1 aromatic rings.